The number of benzene rings is 2. The van der Waals surface area contributed by atoms with E-state index in [1.54, 1.807) is 57.4 Å². The Hall–Kier alpha value is -1.29. The second kappa shape index (κ2) is 19.4. The van der Waals surface area contributed by atoms with Crippen LogP contribution in [-0.2, 0) is 32.4 Å². The third-order valence-corrected chi connectivity index (χ3v) is 10.7. The van der Waals surface area contributed by atoms with Crippen molar-refractivity contribution in [3.8, 4) is 11.5 Å². The smallest absolute Gasteiger partial charge is 0.508 e. The summed E-state index contributed by atoms with van der Waals surface area (Å²) in [5, 5.41) is 17.6. The Kier molecular flexibility index (Phi) is 18.0. The van der Waals surface area contributed by atoms with Gasteiger partial charge in [-0.25, -0.2) is 0 Å². The molecule has 5 saturated carbocycles. The SMILES string of the molecule is C1CCCC1.CC1CCC2CC3C4CCCCC4CC3C2C1.Cc1ccccc1O.Oc1ccccc1C(F)(F)F.[CH3-].[CH3-].[Zr+2]. The van der Waals surface area contributed by atoms with Gasteiger partial charge in [0.1, 0.15) is 11.5 Å². The van der Waals surface area contributed by atoms with E-state index < -0.39 is 17.5 Å². The van der Waals surface area contributed by atoms with Gasteiger partial charge in [0.15, 0.2) is 0 Å². The van der Waals surface area contributed by atoms with Crippen molar-refractivity contribution >= 4 is 0 Å². The second-order valence-corrected chi connectivity index (χ2v) is 13.4. The average Bonchev–Trinajstić information content (AvgIpc) is 3.70. The summed E-state index contributed by atoms with van der Waals surface area (Å²) in [6.07, 6.45) is 17.3. The Morgan fingerprint density at radius 1 is 0.591 bits per heavy atom. The van der Waals surface area contributed by atoms with Crippen LogP contribution in [0, 0.1) is 63.2 Å². The van der Waals surface area contributed by atoms with Gasteiger partial charge in [0.25, 0.3) is 0 Å². The van der Waals surface area contributed by atoms with E-state index in [0.29, 0.717) is 5.75 Å². The molecule has 44 heavy (non-hydrogen) atoms. The van der Waals surface area contributed by atoms with Crippen molar-refractivity contribution in [2.45, 2.75) is 110 Å². The van der Waals surface area contributed by atoms with Crippen molar-refractivity contribution in [3.05, 3.63) is 74.5 Å². The molecule has 0 heterocycles. The average molecular weight is 694 g/mol. The molecule has 0 aliphatic heterocycles. The molecule has 2 nitrogen and oxygen atoms in total. The zero-order valence-electron chi connectivity index (χ0n) is 27.6. The van der Waals surface area contributed by atoms with Gasteiger partial charge in [0.2, 0.25) is 0 Å². The number of aryl methyl sites for hydroxylation is 1. The van der Waals surface area contributed by atoms with Gasteiger partial charge in [-0.3, -0.25) is 0 Å². The zero-order valence-corrected chi connectivity index (χ0v) is 30.0. The van der Waals surface area contributed by atoms with Crippen LogP contribution in [0.5, 0.6) is 11.5 Å². The van der Waals surface area contributed by atoms with Gasteiger partial charge in [-0.15, -0.1) is 0 Å². The molecule has 5 fully saturated rings. The molecular weight excluding hydrogens is 637 g/mol. The first-order valence-corrected chi connectivity index (χ1v) is 16.2. The molecule has 6 heteroatoms. The number of hydrogen-bond donors (Lipinski definition) is 2. The molecule has 0 bridgehead atoms. The van der Waals surface area contributed by atoms with Gasteiger partial charge < -0.3 is 25.1 Å². The summed E-state index contributed by atoms with van der Waals surface area (Å²) in [5.74, 6) is 7.69. The van der Waals surface area contributed by atoms with E-state index in [1.165, 1.54) is 68.4 Å². The standard InChI is InChI=1S/C17H28.C7H5F3O.C7H8O.C5H10.2CH3.Zr/c1-11-6-7-13-10-16-14-5-3-2-4-12(14)9-17(16)15(13)8-11;8-7(9,10)5-3-1-2-4-6(5)11;1-6-4-2-3-5-7(6)8;1-2-4-5-3-1;;;/h11-17H,2-10H2,1H3;1-4,11H;2-5,8H,1H3;1-5H2;2*1H3;/q;;;;2*-1;+2. The molecule has 2 aromatic rings. The zero-order chi connectivity index (χ0) is 29.4. The molecule has 0 amide bonds. The summed E-state index contributed by atoms with van der Waals surface area (Å²) in [4.78, 5) is 0. The Balaban J connectivity index is 0.000000313. The quantitative estimate of drug-likeness (QED) is 0.270. The van der Waals surface area contributed by atoms with Gasteiger partial charge in [-0.1, -0.05) is 95.0 Å². The van der Waals surface area contributed by atoms with Crippen LogP contribution in [-0.4, -0.2) is 10.2 Å². The number of halogens is 3. The Morgan fingerprint density at radius 3 is 1.59 bits per heavy atom. The number of fused-ring (bicyclic) bond motifs is 5. The van der Waals surface area contributed by atoms with Gasteiger partial charge in [-0.05, 0) is 104 Å². The fourth-order valence-electron chi connectivity index (χ4n) is 8.59. The first-order chi connectivity index (χ1) is 19.6. The van der Waals surface area contributed by atoms with Crippen LogP contribution in [0.1, 0.15) is 108 Å². The van der Waals surface area contributed by atoms with Crippen LogP contribution in [0.2, 0.25) is 0 Å². The molecule has 246 valence electrons. The van der Waals surface area contributed by atoms with Crippen molar-refractivity contribution in [1.82, 2.24) is 0 Å². The van der Waals surface area contributed by atoms with Gasteiger partial charge in [-0.2, -0.15) is 13.2 Å². The second-order valence-electron chi connectivity index (χ2n) is 13.4. The molecule has 0 spiro atoms. The molecule has 2 aromatic carbocycles. The van der Waals surface area contributed by atoms with E-state index in [1.807, 2.05) is 25.1 Å². The van der Waals surface area contributed by atoms with E-state index in [4.69, 9.17) is 10.2 Å². The molecule has 7 atom stereocenters. The number of hydrogen-bond acceptors (Lipinski definition) is 2. The molecule has 0 aromatic heterocycles. The van der Waals surface area contributed by atoms with Gasteiger partial charge in [0.05, 0.1) is 5.56 Å². The molecular formula is C38H57F3O2Zr. The van der Waals surface area contributed by atoms with Gasteiger partial charge in [0, 0.05) is 0 Å². The number of para-hydroxylation sites is 2. The monoisotopic (exact) mass is 692 g/mol. The van der Waals surface area contributed by atoms with Crippen molar-refractivity contribution in [2.24, 2.45) is 41.4 Å². The van der Waals surface area contributed by atoms with Crippen molar-refractivity contribution in [2.75, 3.05) is 0 Å². The third kappa shape index (κ3) is 11.2. The van der Waals surface area contributed by atoms with E-state index >= 15 is 0 Å². The van der Waals surface area contributed by atoms with Gasteiger partial charge >= 0.3 is 32.4 Å². The number of phenols is 2. The van der Waals surface area contributed by atoms with Crippen molar-refractivity contribution in [3.63, 3.8) is 0 Å². The minimum Gasteiger partial charge on any atom is -0.508 e. The summed E-state index contributed by atoms with van der Waals surface area (Å²) >= 11 is 0. The fraction of sp³-hybridized carbons (Fsp3) is 0.632. The van der Waals surface area contributed by atoms with Crippen LogP contribution in [0.25, 0.3) is 0 Å². The first kappa shape index (κ1) is 40.7. The van der Waals surface area contributed by atoms with Crippen LogP contribution >= 0.6 is 0 Å². The molecule has 0 saturated heterocycles. The first-order valence-electron chi connectivity index (χ1n) is 16.2. The third-order valence-electron chi connectivity index (χ3n) is 10.7. The maximum absolute atomic E-state index is 11.9. The molecule has 2 N–H and O–H groups in total. The van der Waals surface area contributed by atoms with Crippen LogP contribution < -0.4 is 0 Å². The largest absolute Gasteiger partial charge is 2.00 e. The number of alkyl halides is 3. The molecule has 5 aliphatic carbocycles. The van der Waals surface area contributed by atoms with Crippen molar-refractivity contribution < 1.29 is 49.6 Å². The summed E-state index contributed by atoms with van der Waals surface area (Å²) in [7, 11) is 0. The summed E-state index contributed by atoms with van der Waals surface area (Å²) in [6, 6.07) is 11.6. The maximum atomic E-state index is 11.9. The number of aromatic hydroxyl groups is 2. The minimum atomic E-state index is -4.47. The van der Waals surface area contributed by atoms with E-state index in [2.05, 4.69) is 6.92 Å². The van der Waals surface area contributed by atoms with Crippen LogP contribution in [0.3, 0.4) is 0 Å². The van der Waals surface area contributed by atoms with E-state index in [-0.39, 0.29) is 41.1 Å². The minimum absolute atomic E-state index is 0. The molecule has 5 aliphatic rings. The predicted octanol–water partition coefficient (Wildman–Crippen LogP) is 11.8. The predicted molar refractivity (Wildman–Crippen MR) is 174 cm³/mol. The summed E-state index contributed by atoms with van der Waals surface area (Å²) in [5.41, 5.74) is -0.0764. The van der Waals surface area contributed by atoms with Crippen LogP contribution in [0.15, 0.2) is 48.5 Å². The Labute approximate surface area is 285 Å². The Morgan fingerprint density at radius 2 is 1.09 bits per heavy atom. The summed E-state index contributed by atoms with van der Waals surface area (Å²) < 4.78 is 35.7. The van der Waals surface area contributed by atoms with E-state index in [9.17, 15) is 13.2 Å². The molecule has 0 radical (unpaired) electrons. The molecule has 7 unspecified atom stereocenters. The van der Waals surface area contributed by atoms with E-state index in [0.717, 1.165) is 41.4 Å². The summed E-state index contributed by atoms with van der Waals surface area (Å²) in [6.45, 7) is 4.38. The topological polar surface area (TPSA) is 40.5 Å². The maximum Gasteiger partial charge on any atom is 2.00 e. The molecule has 7 rings (SSSR count). The number of rotatable bonds is 0. The van der Waals surface area contributed by atoms with Crippen molar-refractivity contribution in [1.29, 1.82) is 0 Å². The van der Waals surface area contributed by atoms with Crippen LogP contribution in [0.4, 0.5) is 13.2 Å². The normalized spacial score (nSPS) is 29.4. The Bertz CT molecular complexity index is 1040. The number of phenolic OH excluding ortho intramolecular Hbond substituents is 2. The fourth-order valence-corrected chi connectivity index (χ4v) is 8.59.